The van der Waals surface area contributed by atoms with Crippen LogP contribution in [0.4, 0.5) is 0 Å². The number of carboxylic acid groups (broad SMARTS) is 1. The third-order valence-corrected chi connectivity index (χ3v) is 3.60. The fraction of sp³-hybridized carbons (Fsp3) is 0.462. The Hall–Kier alpha value is -0.770. The van der Waals surface area contributed by atoms with E-state index in [0.717, 1.165) is 12.0 Å². The van der Waals surface area contributed by atoms with E-state index in [1.165, 1.54) is 0 Å². The van der Waals surface area contributed by atoms with Crippen LogP contribution in [0.15, 0.2) is 18.2 Å². The lowest BCUT2D eigenvalue weighted by molar-refractivity contribution is -0.141. The number of carbonyl (C=O) groups is 1. The van der Waals surface area contributed by atoms with Gasteiger partial charge < -0.3 is 10.4 Å². The summed E-state index contributed by atoms with van der Waals surface area (Å²) in [5, 5.41) is 13.3. The van der Waals surface area contributed by atoms with Crippen molar-refractivity contribution in [1.82, 2.24) is 5.32 Å². The summed E-state index contributed by atoms with van der Waals surface area (Å²) in [7, 11) is 0. The van der Waals surface area contributed by atoms with Crippen molar-refractivity contribution in [2.45, 2.75) is 26.3 Å². The minimum absolute atomic E-state index is 0.0754. The van der Waals surface area contributed by atoms with Gasteiger partial charge in [0, 0.05) is 16.1 Å². The predicted molar refractivity (Wildman–Crippen MR) is 74.4 cm³/mol. The third-order valence-electron chi connectivity index (χ3n) is 3.02. The van der Waals surface area contributed by atoms with Gasteiger partial charge in [-0.1, -0.05) is 36.2 Å². The van der Waals surface area contributed by atoms with E-state index in [9.17, 15) is 4.79 Å². The van der Waals surface area contributed by atoms with Gasteiger partial charge in [-0.15, -0.1) is 0 Å². The molecule has 0 aliphatic heterocycles. The van der Waals surface area contributed by atoms with Gasteiger partial charge in [0.1, 0.15) is 0 Å². The van der Waals surface area contributed by atoms with Crippen molar-refractivity contribution in [2.24, 2.45) is 5.92 Å². The number of carboxylic acids is 1. The summed E-state index contributed by atoms with van der Waals surface area (Å²) < 4.78 is 0. The van der Waals surface area contributed by atoms with Crippen LogP contribution in [-0.4, -0.2) is 23.7 Å². The number of hydrogen-bond donors (Lipinski definition) is 2. The van der Waals surface area contributed by atoms with Gasteiger partial charge in [-0.2, -0.15) is 0 Å². The van der Waals surface area contributed by atoms with Crippen LogP contribution in [0.3, 0.4) is 0 Å². The van der Waals surface area contributed by atoms with E-state index >= 15 is 0 Å². The van der Waals surface area contributed by atoms with Crippen molar-refractivity contribution in [1.29, 1.82) is 0 Å². The molecule has 0 fully saturated rings. The van der Waals surface area contributed by atoms with Crippen LogP contribution in [0.1, 0.15) is 19.4 Å². The average Bonchev–Trinajstić information content (AvgIpc) is 2.30. The Bertz CT molecular complexity index is 423. The van der Waals surface area contributed by atoms with Gasteiger partial charge in [-0.3, -0.25) is 4.79 Å². The Morgan fingerprint density at radius 3 is 2.61 bits per heavy atom. The Balaban J connectivity index is 2.44. The molecule has 0 amide bonds. The number of nitrogens with one attached hydrogen (secondary N) is 1. The zero-order chi connectivity index (χ0) is 13.7. The summed E-state index contributed by atoms with van der Waals surface area (Å²) >= 11 is 11.9. The Labute approximate surface area is 117 Å². The van der Waals surface area contributed by atoms with E-state index in [4.69, 9.17) is 28.3 Å². The topological polar surface area (TPSA) is 49.3 Å². The number of halogens is 2. The highest BCUT2D eigenvalue weighted by Gasteiger charge is 2.18. The monoisotopic (exact) mass is 289 g/mol. The molecular formula is C13H17Cl2NO2. The molecule has 2 atom stereocenters. The molecule has 0 saturated carbocycles. The van der Waals surface area contributed by atoms with Gasteiger partial charge in [0.15, 0.2) is 0 Å². The summed E-state index contributed by atoms with van der Waals surface area (Å²) in [6.07, 6.45) is 0.743. The smallest absolute Gasteiger partial charge is 0.307 e. The molecule has 1 aromatic rings. The molecular weight excluding hydrogens is 273 g/mol. The van der Waals surface area contributed by atoms with Crippen LogP contribution < -0.4 is 5.32 Å². The van der Waals surface area contributed by atoms with Crippen molar-refractivity contribution < 1.29 is 9.90 Å². The second kappa shape index (κ2) is 6.98. The molecule has 0 radical (unpaired) electrons. The Kier molecular flexibility index (Phi) is 5.93. The number of benzene rings is 1. The summed E-state index contributed by atoms with van der Waals surface area (Å²) in [4.78, 5) is 10.8. The first-order chi connectivity index (χ1) is 8.41. The second-order valence-corrected chi connectivity index (χ2v) is 5.20. The predicted octanol–water partition coefficient (Wildman–Crippen LogP) is 3.23. The lowest BCUT2D eigenvalue weighted by Gasteiger charge is -2.17. The average molecular weight is 290 g/mol. The molecule has 1 rings (SSSR count). The highest BCUT2D eigenvalue weighted by Crippen LogP contribution is 2.21. The quantitative estimate of drug-likeness (QED) is 0.845. The van der Waals surface area contributed by atoms with Crippen molar-refractivity contribution in [3.05, 3.63) is 33.8 Å². The molecule has 100 valence electrons. The summed E-state index contributed by atoms with van der Waals surface area (Å²) in [6.45, 7) is 4.23. The van der Waals surface area contributed by atoms with Gasteiger partial charge in [-0.25, -0.2) is 0 Å². The number of aliphatic carboxylic acids is 1. The minimum Gasteiger partial charge on any atom is -0.481 e. The van der Waals surface area contributed by atoms with Gasteiger partial charge in [0.05, 0.1) is 5.92 Å². The van der Waals surface area contributed by atoms with Gasteiger partial charge in [0.2, 0.25) is 0 Å². The first-order valence-electron chi connectivity index (χ1n) is 5.82. The lowest BCUT2D eigenvalue weighted by Crippen LogP contribution is -2.37. The molecule has 0 spiro atoms. The molecule has 0 aromatic heterocycles. The first-order valence-corrected chi connectivity index (χ1v) is 6.57. The molecule has 0 aliphatic carbocycles. The molecule has 18 heavy (non-hydrogen) atoms. The molecule has 5 heteroatoms. The summed E-state index contributed by atoms with van der Waals surface area (Å²) in [5.74, 6) is -1.20. The van der Waals surface area contributed by atoms with Crippen molar-refractivity contribution in [2.75, 3.05) is 6.54 Å². The van der Waals surface area contributed by atoms with Crippen LogP contribution >= 0.6 is 23.2 Å². The molecule has 3 nitrogen and oxygen atoms in total. The lowest BCUT2D eigenvalue weighted by atomic mass is 10.0. The van der Waals surface area contributed by atoms with Crippen LogP contribution in [0.25, 0.3) is 0 Å². The number of rotatable bonds is 6. The largest absolute Gasteiger partial charge is 0.481 e. The summed E-state index contributed by atoms with van der Waals surface area (Å²) in [6, 6.07) is 5.32. The van der Waals surface area contributed by atoms with E-state index < -0.39 is 11.9 Å². The van der Waals surface area contributed by atoms with Crippen LogP contribution in [0.5, 0.6) is 0 Å². The van der Waals surface area contributed by atoms with Gasteiger partial charge in [-0.05, 0) is 37.6 Å². The highest BCUT2D eigenvalue weighted by molar-refractivity contribution is 6.35. The third kappa shape index (κ3) is 4.48. The fourth-order valence-corrected chi connectivity index (χ4v) is 2.05. The maximum absolute atomic E-state index is 10.8. The molecule has 0 saturated heterocycles. The second-order valence-electron chi connectivity index (χ2n) is 4.36. The van der Waals surface area contributed by atoms with Crippen molar-refractivity contribution >= 4 is 29.2 Å². The van der Waals surface area contributed by atoms with E-state index in [-0.39, 0.29) is 6.04 Å². The maximum atomic E-state index is 10.8. The van der Waals surface area contributed by atoms with Gasteiger partial charge >= 0.3 is 5.97 Å². The maximum Gasteiger partial charge on any atom is 0.307 e. The van der Waals surface area contributed by atoms with Gasteiger partial charge in [0.25, 0.3) is 0 Å². The SMILES string of the molecule is CC(NCCc1ccc(Cl)cc1Cl)C(C)C(=O)O. The normalized spacial score (nSPS) is 14.2. The standard InChI is InChI=1S/C13H17Cl2NO2/c1-8(13(17)18)9(2)16-6-5-10-3-4-11(14)7-12(10)15/h3-4,7-9,16H,5-6H2,1-2H3,(H,17,18). The summed E-state index contributed by atoms with van der Waals surface area (Å²) in [5.41, 5.74) is 1.00. The Morgan fingerprint density at radius 2 is 2.06 bits per heavy atom. The molecule has 0 aliphatic rings. The highest BCUT2D eigenvalue weighted by atomic mass is 35.5. The van der Waals surface area contributed by atoms with Crippen molar-refractivity contribution in [3.63, 3.8) is 0 Å². The van der Waals surface area contributed by atoms with Crippen LogP contribution in [0.2, 0.25) is 10.0 Å². The first kappa shape index (κ1) is 15.3. The van der Waals surface area contributed by atoms with E-state index in [0.29, 0.717) is 16.6 Å². The molecule has 0 heterocycles. The zero-order valence-corrected chi connectivity index (χ0v) is 11.9. The Morgan fingerprint density at radius 1 is 1.39 bits per heavy atom. The molecule has 1 aromatic carbocycles. The van der Waals surface area contributed by atoms with E-state index in [1.807, 2.05) is 13.0 Å². The van der Waals surface area contributed by atoms with E-state index in [1.54, 1.807) is 19.1 Å². The zero-order valence-electron chi connectivity index (χ0n) is 10.4. The number of hydrogen-bond acceptors (Lipinski definition) is 2. The van der Waals surface area contributed by atoms with E-state index in [2.05, 4.69) is 5.32 Å². The van der Waals surface area contributed by atoms with Crippen LogP contribution in [0, 0.1) is 5.92 Å². The molecule has 0 bridgehead atoms. The molecule has 2 unspecified atom stereocenters. The fourth-order valence-electron chi connectivity index (χ4n) is 1.55. The minimum atomic E-state index is -0.792. The van der Waals surface area contributed by atoms with Crippen LogP contribution in [-0.2, 0) is 11.2 Å². The van der Waals surface area contributed by atoms with Crippen molar-refractivity contribution in [3.8, 4) is 0 Å². The molecule has 2 N–H and O–H groups in total.